The summed E-state index contributed by atoms with van der Waals surface area (Å²) in [7, 11) is 0. The van der Waals surface area contributed by atoms with E-state index in [0.717, 1.165) is 5.56 Å². The Labute approximate surface area is 163 Å². The number of carbonyl (C=O) groups excluding carboxylic acids is 1. The Kier molecular flexibility index (Phi) is 9.28. The van der Waals surface area contributed by atoms with E-state index in [2.05, 4.69) is 9.19 Å². The molecular weight excluding hydrogens is 441 g/mol. The summed E-state index contributed by atoms with van der Waals surface area (Å²) in [6, 6.07) is 13.1. The number of hydrogen-bond donors (Lipinski definition) is 4. The number of anilines is 1. The first kappa shape index (κ1) is 22.9. The summed E-state index contributed by atoms with van der Waals surface area (Å²) in [5, 5.41) is 19.7. The molecule has 0 aliphatic carbocycles. The second kappa shape index (κ2) is 10.9. The third-order valence-corrected chi connectivity index (χ3v) is 6.12. The van der Waals surface area contributed by atoms with Crippen LogP contribution in [0.4, 0.5) is 5.69 Å². The van der Waals surface area contributed by atoms with Gasteiger partial charge in [0.2, 0.25) is 0 Å². The van der Waals surface area contributed by atoms with Crippen molar-refractivity contribution in [3.05, 3.63) is 59.1 Å². The fourth-order valence-electron chi connectivity index (χ4n) is 2.00. The molecular formula is C17H19AsClNO7. The van der Waals surface area contributed by atoms with E-state index < -0.39 is 20.1 Å². The molecule has 1 amide bonds. The van der Waals surface area contributed by atoms with E-state index in [4.69, 9.17) is 22.0 Å². The average molecular weight is 460 g/mol. The SMILES string of the molecule is CC(=O)Nc1ccccc1[As](=O)(O)OO.O=C(O)CCc1ccccc1Cl. The minimum absolute atomic E-state index is 0.103. The third kappa shape index (κ3) is 7.99. The van der Waals surface area contributed by atoms with Crippen molar-refractivity contribution in [3.8, 4) is 0 Å². The maximum Gasteiger partial charge on any atom is 0.303 e. The number of carbonyl (C=O) groups is 2. The van der Waals surface area contributed by atoms with Gasteiger partial charge in [-0.25, -0.2) is 0 Å². The Morgan fingerprint density at radius 1 is 1.15 bits per heavy atom. The van der Waals surface area contributed by atoms with Gasteiger partial charge >= 0.3 is 94.4 Å². The molecule has 0 heterocycles. The molecule has 2 rings (SSSR count). The number of amides is 1. The fraction of sp³-hybridized carbons (Fsp3) is 0.176. The molecule has 0 saturated heterocycles. The molecule has 0 aliphatic heterocycles. The zero-order valence-corrected chi connectivity index (χ0v) is 17.0. The van der Waals surface area contributed by atoms with Crippen LogP contribution in [-0.4, -0.2) is 40.5 Å². The number of para-hydroxylation sites is 1. The van der Waals surface area contributed by atoms with E-state index in [1.165, 1.54) is 25.1 Å². The molecule has 27 heavy (non-hydrogen) atoms. The largest absolute Gasteiger partial charge is 0.481 e. The van der Waals surface area contributed by atoms with Crippen molar-refractivity contribution < 1.29 is 31.7 Å². The minimum Gasteiger partial charge on any atom is -0.481 e. The number of halogens is 1. The Morgan fingerprint density at radius 2 is 1.74 bits per heavy atom. The Morgan fingerprint density at radius 3 is 2.30 bits per heavy atom. The predicted octanol–water partition coefficient (Wildman–Crippen LogP) is 2.06. The van der Waals surface area contributed by atoms with Gasteiger partial charge in [-0.1, -0.05) is 29.8 Å². The second-order valence-electron chi connectivity index (χ2n) is 5.29. The monoisotopic (exact) mass is 459 g/mol. The van der Waals surface area contributed by atoms with Crippen LogP contribution in [0, 0.1) is 0 Å². The minimum atomic E-state index is -4.92. The number of aryl methyl sites for hydroxylation is 1. The molecule has 0 radical (unpaired) electrons. The van der Waals surface area contributed by atoms with Gasteiger partial charge in [-0.3, -0.25) is 4.79 Å². The van der Waals surface area contributed by atoms with E-state index in [9.17, 15) is 17.4 Å². The number of carboxylic acid groups (broad SMARTS) is 1. The maximum absolute atomic E-state index is 11.4. The van der Waals surface area contributed by atoms with Gasteiger partial charge in [0.05, 0.1) is 0 Å². The topological polar surface area (TPSA) is 133 Å². The number of carboxylic acids is 1. The summed E-state index contributed by atoms with van der Waals surface area (Å²) in [6.45, 7) is 1.27. The van der Waals surface area contributed by atoms with Crippen LogP contribution in [0.1, 0.15) is 18.9 Å². The third-order valence-electron chi connectivity index (χ3n) is 3.20. The van der Waals surface area contributed by atoms with Crippen molar-refractivity contribution in [3.63, 3.8) is 0 Å². The molecule has 1 atom stereocenters. The Balaban J connectivity index is 0.000000277. The van der Waals surface area contributed by atoms with Gasteiger partial charge in [0.15, 0.2) is 0 Å². The quantitative estimate of drug-likeness (QED) is 0.295. The van der Waals surface area contributed by atoms with Crippen molar-refractivity contribution in [2.45, 2.75) is 19.8 Å². The molecule has 2 aromatic carbocycles. The smallest absolute Gasteiger partial charge is 0.303 e. The first-order valence-corrected chi connectivity index (χ1v) is 11.3. The van der Waals surface area contributed by atoms with Crippen LogP contribution < -0.4 is 9.67 Å². The zero-order chi connectivity index (χ0) is 20.4. The molecule has 0 bridgehead atoms. The Bertz CT molecular complexity index is 844. The van der Waals surface area contributed by atoms with Crippen molar-refractivity contribution in [2.24, 2.45) is 0 Å². The molecule has 0 aliphatic rings. The summed E-state index contributed by atoms with van der Waals surface area (Å²) in [5.74, 6) is -1.18. The van der Waals surface area contributed by atoms with Gasteiger partial charge in [0, 0.05) is 11.4 Å². The van der Waals surface area contributed by atoms with Gasteiger partial charge < -0.3 is 5.11 Å². The van der Waals surface area contributed by atoms with E-state index in [0.29, 0.717) is 11.4 Å². The van der Waals surface area contributed by atoms with E-state index in [-0.39, 0.29) is 22.4 Å². The number of aliphatic carboxylic acids is 1. The van der Waals surface area contributed by atoms with Crippen molar-refractivity contribution in [1.82, 2.24) is 0 Å². The van der Waals surface area contributed by atoms with Gasteiger partial charge in [-0.15, -0.1) is 0 Å². The summed E-state index contributed by atoms with van der Waals surface area (Å²) in [5.41, 5.74) is 1.05. The molecule has 4 N–H and O–H groups in total. The van der Waals surface area contributed by atoms with Gasteiger partial charge in [0.25, 0.3) is 0 Å². The van der Waals surface area contributed by atoms with Crippen molar-refractivity contribution in [1.29, 1.82) is 0 Å². The molecule has 146 valence electrons. The van der Waals surface area contributed by atoms with Crippen LogP contribution in [0.2, 0.25) is 5.02 Å². The van der Waals surface area contributed by atoms with Crippen LogP contribution in [0.5, 0.6) is 0 Å². The maximum atomic E-state index is 11.4. The van der Waals surface area contributed by atoms with Crippen LogP contribution in [-0.2, 0) is 23.6 Å². The number of rotatable bonds is 6. The Hall–Kier alpha value is -2.09. The average Bonchev–Trinajstić information content (AvgIpc) is 2.61. The van der Waals surface area contributed by atoms with Crippen molar-refractivity contribution >= 4 is 47.7 Å². The molecule has 0 saturated carbocycles. The first-order chi connectivity index (χ1) is 12.7. The molecule has 1 unspecified atom stereocenters. The molecule has 2 aromatic rings. The molecule has 0 aromatic heterocycles. The van der Waals surface area contributed by atoms with E-state index >= 15 is 0 Å². The van der Waals surface area contributed by atoms with Crippen LogP contribution in [0.25, 0.3) is 0 Å². The first-order valence-electron chi connectivity index (χ1n) is 7.65. The van der Waals surface area contributed by atoms with E-state index in [1.807, 2.05) is 18.2 Å². The normalized spacial score (nSPS) is 12.3. The fourth-order valence-corrected chi connectivity index (χ4v) is 3.91. The summed E-state index contributed by atoms with van der Waals surface area (Å²) < 4.78 is 24.1. The zero-order valence-electron chi connectivity index (χ0n) is 14.3. The van der Waals surface area contributed by atoms with Gasteiger partial charge in [0.1, 0.15) is 0 Å². The number of hydrogen-bond acceptors (Lipinski definition) is 5. The van der Waals surface area contributed by atoms with Crippen LogP contribution in [0.15, 0.2) is 48.5 Å². The summed E-state index contributed by atoms with van der Waals surface area (Å²) in [6.07, 6.45) is 0.624. The van der Waals surface area contributed by atoms with Gasteiger partial charge in [-0.2, -0.15) is 0 Å². The van der Waals surface area contributed by atoms with E-state index in [1.54, 1.807) is 12.1 Å². The van der Waals surface area contributed by atoms with Crippen LogP contribution >= 0.6 is 11.6 Å². The van der Waals surface area contributed by atoms with Crippen molar-refractivity contribution in [2.75, 3.05) is 5.32 Å². The molecule has 0 spiro atoms. The summed E-state index contributed by atoms with van der Waals surface area (Å²) >= 11 is 0.890. The summed E-state index contributed by atoms with van der Waals surface area (Å²) in [4.78, 5) is 21.0. The predicted molar refractivity (Wildman–Crippen MR) is 100 cm³/mol. The van der Waals surface area contributed by atoms with Gasteiger partial charge in [-0.05, 0) is 18.1 Å². The van der Waals surface area contributed by atoms with Crippen LogP contribution in [0.3, 0.4) is 0 Å². The number of benzene rings is 2. The second-order valence-corrected chi connectivity index (χ2v) is 9.23. The standard InChI is InChI=1S/C9H9ClO2.C8H10AsNO5/c10-8-4-2-1-3-7(8)5-6-9(11)12;1-6(11)10-8-5-3-2-4-7(8)9(12,13)15-14/h1-4H,5-6H2,(H,11,12);2-5,14H,1H3,(H,10,11)(H,12,13). The number of nitrogens with one attached hydrogen (secondary N) is 1. The molecule has 8 nitrogen and oxygen atoms in total. The molecule has 10 heteroatoms. The molecule has 0 fully saturated rings.